The number of nitrogens with zero attached hydrogens (tertiary/aromatic N) is 1. The molecule has 1 atom stereocenters. The van der Waals surface area contributed by atoms with Crippen LogP contribution in [0, 0.1) is 5.92 Å². The van der Waals surface area contributed by atoms with Crippen LogP contribution in [0.1, 0.15) is 11.9 Å². The zero-order valence-electron chi connectivity index (χ0n) is 10.2. The van der Waals surface area contributed by atoms with Crippen LogP contribution >= 0.6 is 11.3 Å². The topological polar surface area (TPSA) is 50.2 Å². The number of aliphatic hydroxyl groups is 1. The van der Waals surface area contributed by atoms with E-state index < -0.39 is 0 Å². The number of ketones is 1. The maximum atomic E-state index is 11.7. The lowest BCUT2D eigenvalue weighted by Crippen LogP contribution is -2.16. The summed E-state index contributed by atoms with van der Waals surface area (Å²) in [5, 5.41) is 11.7. The van der Waals surface area contributed by atoms with Crippen LogP contribution in [0.4, 0.5) is 0 Å². The SMILES string of the molecule is C[C@@H](CO)C(=O)Cc1nc(-c2ccccc2)cs1. The predicted octanol–water partition coefficient (Wildman–Crippen LogP) is 2.55. The second-order valence-corrected chi connectivity index (χ2v) is 5.16. The van der Waals surface area contributed by atoms with E-state index in [2.05, 4.69) is 4.98 Å². The van der Waals surface area contributed by atoms with Crippen molar-refractivity contribution < 1.29 is 9.90 Å². The number of Topliss-reactive ketones (excluding diaryl/α,β-unsaturated/α-hetero) is 1. The van der Waals surface area contributed by atoms with Crippen molar-refractivity contribution in [3.05, 3.63) is 40.7 Å². The van der Waals surface area contributed by atoms with Gasteiger partial charge >= 0.3 is 0 Å². The molecule has 0 aliphatic carbocycles. The van der Waals surface area contributed by atoms with Crippen LogP contribution < -0.4 is 0 Å². The van der Waals surface area contributed by atoms with E-state index in [1.807, 2.05) is 35.7 Å². The van der Waals surface area contributed by atoms with Crippen LogP contribution in [0.2, 0.25) is 0 Å². The third-order valence-electron chi connectivity index (χ3n) is 2.77. The third kappa shape index (κ3) is 3.03. The lowest BCUT2D eigenvalue weighted by Gasteiger charge is -2.03. The zero-order valence-corrected chi connectivity index (χ0v) is 11.0. The Morgan fingerprint density at radius 2 is 2.11 bits per heavy atom. The van der Waals surface area contributed by atoms with Crippen LogP contribution in [0.5, 0.6) is 0 Å². The highest BCUT2D eigenvalue weighted by molar-refractivity contribution is 7.10. The Morgan fingerprint density at radius 1 is 1.39 bits per heavy atom. The van der Waals surface area contributed by atoms with Crippen molar-refractivity contribution in [1.29, 1.82) is 0 Å². The Bertz CT molecular complexity index is 522. The molecule has 2 aromatic rings. The second kappa shape index (κ2) is 5.89. The van der Waals surface area contributed by atoms with Gasteiger partial charge in [-0.15, -0.1) is 11.3 Å². The highest BCUT2D eigenvalue weighted by Gasteiger charge is 2.14. The maximum absolute atomic E-state index is 11.7. The third-order valence-corrected chi connectivity index (χ3v) is 3.62. The number of carbonyl (C=O) groups is 1. The normalized spacial score (nSPS) is 12.3. The molecule has 0 saturated heterocycles. The molecule has 3 nitrogen and oxygen atoms in total. The largest absolute Gasteiger partial charge is 0.396 e. The van der Waals surface area contributed by atoms with Crippen LogP contribution in [0.3, 0.4) is 0 Å². The Hall–Kier alpha value is -1.52. The molecule has 0 radical (unpaired) electrons. The van der Waals surface area contributed by atoms with Crippen molar-refractivity contribution in [2.75, 3.05) is 6.61 Å². The highest BCUT2D eigenvalue weighted by atomic mass is 32.1. The van der Waals surface area contributed by atoms with E-state index in [0.717, 1.165) is 16.3 Å². The summed E-state index contributed by atoms with van der Waals surface area (Å²) in [7, 11) is 0. The average Bonchev–Trinajstić information content (AvgIpc) is 2.87. The number of benzene rings is 1. The maximum Gasteiger partial charge on any atom is 0.144 e. The molecule has 18 heavy (non-hydrogen) atoms. The predicted molar refractivity (Wildman–Crippen MR) is 72.5 cm³/mol. The molecular weight excluding hydrogens is 246 g/mol. The molecular formula is C14H15NO2S. The summed E-state index contributed by atoms with van der Waals surface area (Å²) >= 11 is 1.49. The zero-order chi connectivity index (χ0) is 13.0. The smallest absolute Gasteiger partial charge is 0.144 e. The highest BCUT2D eigenvalue weighted by Crippen LogP contribution is 2.22. The summed E-state index contributed by atoms with van der Waals surface area (Å²) in [6, 6.07) is 9.89. The number of hydrogen-bond acceptors (Lipinski definition) is 4. The molecule has 4 heteroatoms. The van der Waals surface area contributed by atoms with Crippen LogP contribution in [-0.4, -0.2) is 22.5 Å². The Morgan fingerprint density at radius 3 is 2.78 bits per heavy atom. The van der Waals surface area contributed by atoms with E-state index in [0.29, 0.717) is 6.42 Å². The summed E-state index contributed by atoms with van der Waals surface area (Å²) in [5.41, 5.74) is 1.96. The first-order chi connectivity index (χ1) is 8.70. The average molecular weight is 261 g/mol. The van der Waals surface area contributed by atoms with Crippen LogP contribution in [0.15, 0.2) is 35.7 Å². The molecule has 0 bridgehead atoms. The van der Waals surface area contributed by atoms with Crippen LogP contribution in [0.25, 0.3) is 11.3 Å². The number of hydrogen-bond donors (Lipinski definition) is 1. The lowest BCUT2D eigenvalue weighted by molar-refractivity contribution is -0.122. The second-order valence-electron chi connectivity index (χ2n) is 4.22. The van der Waals surface area contributed by atoms with Gasteiger partial charge in [0.2, 0.25) is 0 Å². The first kappa shape index (κ1) is 12.9. The van der Waals surface area contributed by atoms with Gasteiger partial charge in [-0.2, -0.15) is 0 Å². The summed E-state index contributed by atoms with van der Waals surface area (Å²) in [5.74, 6) is -0.277. The van der Waals surface area contributed by atoms with Gasteiger partial charge in [-0.3, -0.25) is 4.79 Å². The first-order valence-corrected chi connectivity index (χ1v) is 6.72. The number of carbonyl (C=O) groups excluding carboxylic acids is 1. The molecule has 0 aliphatic rings. The molecule has 2 rings (SSSR count). The van der Waals surface area contributed by atoms with E-state index in [4.69, 9.17) is 5.11 Å². The van der Waals surface area contributed by atoms with E-state index >= 15 is 0 Å². The Kier molecular flexibility index (Phi) is 4.23. The standard InChI is InChI=1S/C14H15NO2S/c1-10(8-16)13(17)7-14-15-12(9-18-14)11-5-3-2-4-6-11/h2-6,9-10,16H,7-8H2,1H3/t10-/m0/s1. The van der Waals surface area contributed by atoms with Gasteiger partial charge < -0.3 is 5.11 Å². The monoisotopic (exact) mass is 261 g/mol. The number of aromatic nitrogens is 1. The van der Waals surface area contributed by atoms with Gasteiger partial charge in [-0.05, 0) is 0 Å². The van der Waals surface area contributed by atoms with Gasteiger partial charge in [-0.1, -0.05) is 37.3 Å². The van der Waals surface area contributed by atoms with Gasteiger partial charge in [0, 0.05) is 16.9 Å². The number of thiazole rings is 1. The number of rotatable bonds is 5. The van der Waals surface area contributed by atoms with Crippen molar-refractivity contribution in [3.8, 4) is 11.3 Å². The van der Waals surface area contributed by atoms with Crippen molar-refractivity contribution >= 4 is 17.1 Å². The van der Waals surface area contributed by atoms with Gasteiger partial charge in [0.15, 0.2) is 0 Å². The van der Waals surface area contributed by atoms with Crippen LogP contribution in [-0.2, 0) is 11.2 Å². The number of aliphatic hydroxyl groups excluding tert-OH is 1. The van der Waals surface area contributed by atoms with Gasteiger partial charge in [0.1, 0.15) is 10.8 Å². The molecule has 1 aromatic heterocycles. The minimum absolute atomic E-state index is 0.0338. The Balaban J connectivity index is 2.10. The molecule has 94 valence electrons. The molecule has 0 spiro atoms. The van der Waals surface area contributed by atoms with E-state index in [-0.39, 0.29) is 18.3 Å². The molecule has 0 saturated carbocycles. The molecule has 1 heterocycles. The fraction of sp³-hybridized carbons (Fsp3) is 0.286. The molecule has 1 aromatic carbocycles. The summed E-state index contributed by atoms with van der Waals surface area (Å²) in [6.45, 7) is 1.63. The quantitative estimate of drug-likeness (QED) is 0.900. The molecule has 0 amide bonds. The van der Waals surface area contributed by atoms with Gasteiger partial charge in [0.25, 0.3) is 0 Å². The summed E-state index contributed by atoms with van der Waals surface area (Å²) in [6.07, 6.45) is 0.305. The van der Waals surface area contributed by atoms with Crippen molar-refractivity contribution in [3.63, 3.8) is 0 Å². The lowest BCUT2D eigenvalue weighted by atomic mass is 10.1. The fourth-order valence-electron chi connectivity index (χ4n) is 1.56. The molecule has 0 fully saturated rings. The van der Waals surface area contributed by atoms with Crippen molar-refractivity contribution in [2.45, 2.75) is 13.3 Å². The first-order valence-electron chi connectivity index (χ1n) is 5.84. The van der Waals surface area contributed by atoms with Crippen molar-refractivity contribution in [1.82, 2.24) is 4.98 Å². The molecule has 1 N–H and O–H groups in total. The fourth-order valence-corrected chi connectivity index (χ4v) is 2.37. The van der Waals surface area contributed by atoms with E-state index in [1.165, 1.54) is 11.3 Å². The van der Waals surface area contributed by atoms with E-state index in [9.17, 15) is 4.79 Å². The summed E-state index contributed by atoms with van der Waals surface area (Å²) < 4.78 is 0. The van der Waals surface area contributed by atoms with Gasteiger partial charge in [0.05, 0.1) is 18.7 Å². The Labute approximate surface area is 110 Å². The molecule has 0 aliphatic heterocycles. The molecule has 0 unspecified atom stereocenters. The summed E-state index contributed by atoms with van der Waals surface area (Å²) in [4.78, 5) is 16.1. The van der Waals surface area contributed by atoms with Gasteiger partial charge in [-0.25, -0.2) is 4.98 Å². The van der Waals surface area contributed by atoms with E-state index in [1.54, 1.807) is 6.92 Å². The minimum Gasteiger partial charge on any atom is -0.396 e. The van der Waals surface area contributed by atoms with Crippen molar-refractivity contribution in [2.24, 2.45) is 5.92 Å². The minimum atomic E-state index is -0.311.